The van der Waals surface area contributed by atoms with Crippen molar-refractivity contribution in [3.63, 3.8) is 0 Å². The summed E-state index contributed by atoms with van der Waals surface area (Å²) in [6, 6.07) is 3.94. The van der Waals surface area contributed by atoms with Gasteiger partial charge in [-0.15, -0.1) is 0 Å². The maximum Gasteiger partial charge on any atom is 0.310 e. The number of carbonyl (C=O) groups excluding carboxylic acids is 2. The van der Waals surface area contributed by atoms with Crippen LogP contribution in [0.2, 0.25) is 0 Å². The monoisotopic (exact) mass is 402 g/mol. The fourth-order valence-electron chi connectivity index (χ4n) is 5.76. The third-order valence-electron chi connectivity index (χ3n) is 6.81. The molecule has 0 aliphatic heterocycles. The van der Waals surface area contributed by atoms with Crippen LogP contribution in [0.3, 0.4) is 0 Å². The molecule has 8 heteroatoms. The molecule has 4 bridgehead atoms. The minimum absolute atomic E-state index is 0.106. The molecular weight excluding hydrogens is 376 g/mol. The summed E-state index contributed by atoms with van der Waals surface area (Å²) in [6.45, 7) is 1.52. The van der Waals surface area contributed by atoms with Gasteiger partial charge < -0.3 is 14.8 Å². The molecule has 4 fully saturated rings. The van der Waals surface area contributed by atoms with Crippen LogP contribution in [0.4, 0.5) is 11.4 Å². The number of carbonyl (C=O) groups is 2. The first-order valence-electron chi connectivity index (χ1n) is 10.2. The van der Waals surface area contributed by atoms with E-state index < -0.39 is 16.9 Å². The second kappa shape index (κ2) is 7.65. The van der Waals surface area contributed by atoms with Crippen molar-refractivity contribution in [2.24, 2.45) is 29.6 Å². The Kier molecular flexibility index (Phi) is 5.19. The first kappa shape index (κ1) is 19.7. The van der Waals surface area contributed by atoms with Crippen LogP contribution in [0, 0.1) is 39.7 Å². The van der Waals surface area contributed by atoms with Crippen LogP contribution in [0.25, 0.3) is 0 Å². The predicted octanol–water partition coefficient (Wildman–Crippen LogP) is 3.55. The summed E-state index contributed by atoms with van der Waals surface area (Å²) < 4.78 is 10.7. The van der Waals surface area contributed by atoms with E-state index in [0.717, 1.165) is 37.5 Å². The molecule has 0 spiro atoms. The maximum atomic E-state index is 12.9. The van der Waals surface area contributed by atoms with Crippen LogP contribution >= 0.6 is 0 Å². The molecule has 8 nitrogen and oxygen atoms in total. The van der Waals surface area contributed by atoms with E-state index in [2.05, 4.69) is 5.32 Å². The number of benzene rings is 1. The quantitative estimate of drug-likeness (QED) is 0.443. The number of non-ortho nitro benzene ring substituents is 1. The van der Waals surface area contributed by atoms with Gasteiger partial charge in [0.05, 0.1) is 23.6 Å². The van der Waals surface area contributed by atoms with Gasteiger partial charge >= 0.3 is 5.97 Å². The molecule has 156 valence electrons. The van der Waals surface area contributed by atoms with E-state index in [1.807, 2.05) is 0 Å². The molecule has 1 amide bonds. The number of methoxy groups -OCH3 is 1. The zero-order valence-corrected chi connectivity index (χ0v) is 16.6. The van der Waals surface area contributed by atoms with Crippen LogP contribution in [-0.2, 0) is 14.3 Å². The predicted molar refractivity (Wildman–Crippen MR) is 104 cm³/mol. The molecule has 4 aliphatic rings. The Morgan fingerprint density at radius 3 is 2.31 bits per heavy atom. The SMILES string of the molecule is COc1ccc([N+](=O)[O-])cc1NC(=O)[C@H](C)OC(=O)C1C2CC3CC(C2)CC1C3. The highest BCUT2D eigenvalue weighted by atomic mass is 16.6. The van der Waals surface area contributed by atoms with Gasteiger partial charge in [0.1, 0.15) is 5.75 Å². The first-order chi connectivity index (χ1) is 13.9. The summed E-state index contributed by atoms with van der Waals surface area (Å²) in [5.74, 6) is 1.63. The van der Waals surface area contributed by atoms with Crippen molar-refractivity contribution in [2.75, 3.05) is 12.4 Å². The summed E-state index contributed by atoms with van der Waals surface area (Å²) in [6.07, 6.45) is 4.69. The minimum atomic E-state index is -0.997. The average Bonchev–Trinajstić information content (AvgIpc) is 2.66. The number of rotatable bonds is 6. The van der Waals surface area contributed by atoms with Gasteiger partial charge in [0.15, 0.2) is 6.10 Å². The molecule has 4 saturated carbocycles. The largest absolute Gasteiger partial charge is 0.495 e. The molecular formula is C21H26N2O6. The molecule has 1 aromatic carbocycles. The smallest absolute Gasteiger partial charge is 0.310 e. The first-order valence-corrected chi connectivity index (χ1v) is 10.2. The van der Waals surface area contributed by atoms with Crippen molar-refractivity contribution in [1.29, 1.82) is 0 Å². The highest BCUT2D eigenvalue weighted by molar-refractivity contribution is 5.96. The third kappa shape index (κ3) is 3.80. The number of esters is 1. The average molecular weight is 402 g/mol. The lowest BCUT2D eigenvalue weighted by Crippen LogP contribution is -2.49. The van der Waals surface area contributed by atoms with Crippen molar-refractivity contribution in [3.05, 3.63) is 28.3 Å². The van der Waals surface area contributed by atoms with Crippen LogP contribution in [0.1, 0.15) is 39.0 Å². The molecule has 0 unspecified atom stereocenters. The number of nitro groups is 1. The molecule has 0 radical (unpaired) electrons. The lowest BCUT2D eigenvalue weighted by atomic mass is 9.52. The second-order valence-electron chi connectivity index (χ2n) is 8.67. The molecule has 1 aromatic rings. The second-order valence-corrected chi connectivity index (χ2v) is 8.67. The van der Waals surface area contributed by atoms with Gasteiger partial charge in [-0.2, -0.15) is 0 Å². The Hall–Kier alpha value is -2.64. The van der Waals surface area contributed by atoms with Gasteiger partial charge in [-0.25, -0.2) is 0 Å². The molecule has 4 aliphatic carbocycles. The van der Waals surface area contributed by atoms with Crippen molar-refractivity contribution in [1.82, 2.24) is 0 Å². The zero-order chi connectivity index (χ0) is 20.7. The Bertz CT molecular complexity index is 810. The van der Waals surface area contributed by atoms with E-state index in [4.69, 9.17) is 9.47 Å². The fourth-order valence-corrected chi connectivity index (χ4v) is 5.76. The highest BCUT2D eigenvalue weighted by Gasteiger charge is 2.51. The van der Waals surface area contributed by atoms with Gasteiger partial charge in [0, 0.05) is 12.1 Å². The normalized spacial score (nSPS) is 30.5. The molecule has 1 N–H and O–H groups in total. The summed E-state index contributed by atoms with van der Waals surface area (Å²) in [5, 5.41) is 13.6. The van der Waals surface area contributed by atoms with Crippen LogP contribution in [-0.4, -0.2) is 30.0 Å². The number of nitrogens with zero attached hydrogens (tertiary/aromatic N) is 1. The molecule has 0 saturated heterocycles. The lowest BCUT2D eigenvalue weighted by Gasteiger charge is -2.53. The van der Waals surface area contributed by atoms with Gasteiger partial charge in [-0.05, 0) is 68.8 Å². The van der Waals surface area contributed by atoms with E-state index in [0.29, 0.717) is 17.6 Å². The maximum absolute atomic E-state index is 12.9. The summed E-state index contributed by atoms with van der Waals surface area (Å²) in [5.41, 5.74) is 0.00330. The van der Waals surface area contributed by atoms with Gasteiger partial charge in [0.25, 0.3) is 11.6 Å². The summed E-state index contributed by atoms with van der Waals surface area (Å²) in [4.78, 5) is 35.9. The van der Waals surface area contributed by atoms with E-state index >= 15 is 0 Å². The van der Waals surface area contributed by atoms with Crippen LogP contribution in [0.5, 0.6) is 5.75 Å². The number of hydrogen-bond donors (Lipinski definition) is 1. The Balaban J connectivity index is 1.40. The lowest BCUT2D eigenvalue weighted by molar-refractivity contribution is -0.384. The zero-order valence-electron chi connectivity index (χ0n) is 16.6. The van der Waals surface area contributed by atoms with Crippen LogP contribution in [0.15, 0.2) is 18.2 Å². The number of nitrogens with one attached hydrogen (secondary N) is 1. The number of nitro benzene ring substituents is 1. The number of ether oxygens (including phenoxy) is 2. The van der Waals surface area contributed by atoms with Crippen molar-refractivity contribution >= 4 is 23.3 Å². The molecule has 1 atom stereocenters. The van der Waals surface area contributed by atoms with Crippen LogP contribution < -0.4 is 10.1 Å². The van der Waals surface area contributed by atoms with Crippen molar-refractivity contribution < 1.29 is 24.0 Å². The number of hydrogen-bond acceptors (Lipinski definition) is 6. The van der Waals surface area contributed by atoms with Gasteiger partial charge in [0.2, 0.25) is 0 Å². The Morgan fingerprint density at radius 2 is 1.76 bits per heavy atom. The summed E-state index contributed by atoms with van der Waals surface area (Å²) >= 11 is 0. The minimum Gasteiger partial charge on any atom is -0.495 e. The van der Waals surface area contributed by atoms with E-state index in [1.54, 1.807) is 0 Å². The van der Waals surface area contributed by atoms with Gasteiger partial charge in [-0.3, -0.25) is 19.7 Å². The van der Waals surface area contributed by atoms with E-state index in [1.165, 1.54) is 38.7 Å². The third-order valence-corrected chi connectivity index (χ3v) is 6.81. The summed E-state index contributed by atoms with van der Waals surface area (Å²) in [7, 11) is 1.41. The van der Waals surface area contributed by atoms with E-state index in [-0.39, 0.29) is 23.3 Å². The Labute approximate surface area is 169 Å². The van der Waals surface area contributed by atoms with Gasteiger partial charge in [-0.1, -0.05) is 0 Å². The Morgan fingerprint density at radius 1 is 1.14 bits per heavy atom. The van der Waals surface area contributed by atoms with Crippen molar-refractivity contribution in [3.8, 4) is 5.75 Å². The fraction of sp³-hybridized carbons (Fsp3) is 0.619. The van der Waals surface area contributed by atoms with Crippen molar-refractivity contribution in [2.45, 2.75) is 45.1 Å². The van der Waals surface area contributed by atoms with E-state index in [9.17, 15) is 19.7 Å². The number of amides is 1. The standard InChI is InChI=1S/C21H26N2O6/c1-11(20(24)22-17-10-16(23(26)27)3-4-18(17)28-2)29-21(25)19-14-6-12-5-13(8-14)9-15(19)7-12/h3-4,10-15,19H,5-9H2,1-2H3,(H,22,24)/t11-,12?,13?,14?,15?,19?/m0/s1. The molecule has 29 heavy (non-hydrogen) atoms. The number of anilines is 1. The molecule has 0 aromatic heterocycles. The highest BCUT2D eigenvalue weighted by Crippen LogP contribution is 2.56. The molecule has 0 heterocycles. The molecule has 5 rings (SSSR count). The topological polar surface area (TPSA) is 108 Å².